The maximum Gasteiger partial charge on any atom is 0.115 e. The van der Waals surface area contributed by atoms with Gasteiger partial charge in [0.15, 0.2) is 0 Å². The van der Waals surface area contributed by atoms with Crippen LogP contribution in [0.2, 0.25) is 5.02 Å². The fraction of sp³-hybridized carbons (Fsp3) is 0.455. The van der Waals surface area contributed by atoms with Crippen LogP contribution in [0.3, 0.4) is 0 Å². The highest BCUT2D eigenvalue weighted by atomic mass is 35.5. The zero-order chi connectivity index (χ0) is 17.7. The first-order valence-electron chi connectivity index (χ1n) is 9.33. The maximum atomic E-state index is 6.53. The Kier molecular flexibility index (Phi) is 6.16. The summed E-state index contributed by atoms with van der Waals surface area (Å²) >= 11 is 6.08. The van der Waals surface area contributed by atoms with E-state index >= 15 is 0 Å². The first-order valence-corrected chi connectivity index (χ1v) is 9.71. The molecule has 0 radical (unpaired) electrons. The summed E-state index contributed by atoms with van der Waals surface area (Å²) in [5, 5.41) is 0.753. The van der Waals surface area contributed by atoms with Gasteiger partial charge in [-0.1, -0.05) is 61.0 Å². The third kappa shape index (κ3) is 4.25. The van der Waals surface area contributed by atoms with Crippen LogP contribution in [0.15, 0.2) is 54.6 Å². The molecule has 0 spiro atoms. The molecule has 2 unspecified atom stereocenters. The maximum absolute atomic E-state index is 6.53. The van der Waals surface area contributed by atoms with Crippen molar-refractivity contribution in [2.45, 2.75) is 44.8 Å². The monoisotopic (exact) mass is 357 g/mol. The first kappa shape index (κ1) is 18.4. The van der Waals surface area contributed by atoms with Crippen molar-refractivity contribution >= 4 is 11.6 Å². The van der Waals surface area contributed by atoms with Crippen molar-refractivity contribution in [1.82, 2.24) is 4.90 Å². The summed E-state index contributed by atoms with van der Waals surface area (Å²) < 4.78 is 6.53. The fourth-order valence-electron chi connectivity index (χ4n) is 3.89. The van der Waals surface area contributed by atoms with Gasteiger partial charge in [-0.3, -0.25) is 0 Å². The highest BCUT2D eigenvalue weighted by Crippen LogP contribution is 2.34. The lowest BCUT2D eigenvalue weighted by atomic mass is 9.88. The van der Waals surface area contributed by atoms with E-state index in [1.54, 1.807) is 0 Å². The van der Waals surface area contributed by atoms with Gasteiger partial charge in [-0.05, 0) is 62.5 Å². The van der Waals surface area contributed by atoms with Crippen molar-refractivity contribution in [1.29, 1.82) is 0 Å². The first-order chi connectivity index (χ1) is 12.1. The van der Waals surface area contributed by atoms with Crippen LogP contribution in [0.4, 0.5) is 0 Å². The molecule has 2 aromatic carbocycles. The van der Waals surface area contributed by atoms with Crippen molar-refractivity contribution in [3.8, 4) is 0 Å². The van der Waals surface area contributed by atoms with E-state index in [4.69, 9.17) is 16.3 Å². The fourth-order valence-corrected chi connectivity index (χ4v) is 4.02. The highest BCUT2D eigenvalue weighted by molar-refractivity contribution is 6.30. The van der Waals surface area contributed by atoms with E-state index in [0.29, 0.717) is 6.04 Å². The van der Waals surface area contributed by atoms with Crippen LogP contribution in [0, 0.1) is 0 Å². The SMILES string of the molecule is CCN1CCCC1CCOC(C)(c1ccccc1)c1ccc(Cl)cc1. The van der Waals surface area contributed by atoms with Crippen LogP contribution >= 0.6 is 11.6 Å². The summed E-state index contributed by atoms with van der Waals surface area (Å²) in [4.78, 5) is 2.57. The second kappa shape index (κ2) is 8.35. The van der Waals surface area contributed by atoms with Crippen LogP contribution < -0.4 is 0 Å². The predicted molar refractivity (Wildman–Crippen MR) is 105 cm³/mol. The number of benzene rings is 2. The van der Waals surface area contributed by atoms with Crippen LogP contribution in [-0.4, -0.2) is 30.6 Å². The molecule has 134 valence electrons. The summed E-state index contributed by atoms with van der Waals surface area (Å²) in [6.07, 6.45) is 3.69. The molecule has 0 aromatic heterocycles. The largest absolute Gasteiger partial charge is 0.366 e. The topological polar surface area (TPSA) is 12.5 Å². The van der Waals surface area contributed by atoms with Gasteiger partial charge in [0.05, 0.1) is 0 Å². The number of likely N-dealkylation sites (tertiary alicyclic amines) is 1. The number of hydrogen-bond acceptors (Lipinski definition) is 2. The molecule has 2 atom stereocenters. The molecular weight excluding hydrogens is 330 g/mol. The summed E-state index contributed by atoms with van der Waals surface area (Å²) in [5.41, 5.74) is 1.86. The molecule has 1 aliphatic heterocycles. The number of halogens is 1. The highest BCUT2D eigenvalue weighted by Gasteiger charge is 2.31. The lowest BCUT2D eigenvalue weighted by molar-refractivity contribution is -0.0124. The number of nitrogens with zero attached hydrogens (tertiary/aromatic N) is 1. The quantitative estimate of drug-likeness (QED) is 0.649. The molecule has 0 N–H and O–H groups in total. The van der Waals surface area contributed by atoms with Gasteiger partial charge in [-0.25, -0.2) is 0 Å². The average molecular weight is 358 g/mol. The Morgan fingerprint density at radius 3 is 2.44 bits per heavy atom. The minimum absolute atomic E-state index is 0.457. The Bertz CT molecular complexity index is 657. The summed E-state index contributed by atoms with van der Waals surface area (Å²) in [5.74, 6) is 0. The van der Waals surface area contributed by atoms with Crippen LogP contribution in [0.1, 0.15) is 44.2 Å². The lowest BCUT2D eigenvalue weighted by Gasteiger charge is -2.32. The van der Waals surface area contributed by atoms with Crippen LogP contribution in [0.5, 0.6) is 0 Å². The molecule has 2 aromatic rings. The summed E-state index contributed by atoms with van der Waals surface area (Å²) in [7, 11) is 0. The van der Waals surface area contributed by atoms with E-state index in [2.05, 4.69) is 55.1 Å². The molecule has 1 fully saturated rings. The van der Waals surface area contributed by atoms with E-state index in [1.165, 1.54) is 24.9 Å². The van der Waals surface area contributed by atoms with Gasteiger partial charge in [0.1, 0.15) is 5.60 Å². The Morgan fingerprint density at radius 2 is 1.76 bits per heavy atom. The third-order valence-corrected chi connectivity index (χ3v) is 5.72. The van der Waals surface area contributed by atoms with E-state index in [-0.39, 0.29) is 0 Å². The Balaban J connectivity index is 1.76. The number of hydrogen-bond donors (Lipinski definition) is 0. The van der Waals surface area contributed by atoms with Crippen molar-refractivity contribution in [3.63, 3.8) is 0 Å². The van der Waals surface area contributed by atoms with Gasteiger partial charge in [-0.15, -0.1) is 0 Å². The molecule has 0 saturated carbocycles. The second-order valence-electron chi connectivity index (χ2n) is 6.97. The van der Waals surface area contributed by atoms with E-state index in [1.807, 2.05) is 18.2 Å². The van der Waals surface area contributed by atoms with E-state index in [0.717, 1.165) is 30.2 Å². The molecule has 1 aliphatic rings. The standard InChI is InChI=1S/C22H28ClNO/c1-3-24-16-7-10-21(24)15-17-25-22(2,18-8-5-4-6-9-18)19-11-13-20(23)14-12-19/h4-6,8-9,11-14,21H,3,7,10,15-17H2,1-2H3. The molecule has 2 nitrogen and oxygen atoms in total. The predicted octanol–water partition coefficient (Wildman–Crippen LogP) is 5.49. The molecule has 0 bridgehead atoms. The third-order valence-electron chi connectivity index (χ3n) is 5.47. The van der Waals surface area contributed by atoms with Crippen LogP contribution in [-0.2, 0) is 10.3 Å². The average Bonchev–Trinajstić information content (AvgIpc) is 3.10. The Morgan fingerprint density at radius 1 is 1.08 bits per heavy atom. The molecule has 0 amide bonds. The van der Waals surface area contributed by atoms with Crippen LogP contribution in [0.25, 0.3) is 0 Å². The zero-order valence-corrected chi connectivity index (χ0v) is 16.0. The molecule has 3 heteroatoms. The molecule has 25 heavy (non-hydrogen) atoms. The van der Waals surface area contributed by atoms with Gasteiger partial charge >= 0.3 is 0 Å². The van der Waals surface area contributed by atoms with Gasteiger partial charge in [-0.2, -0.15) is 0 Å². The lowest BCUT2D eigenvalue weighted by Crippen LogP contribution is -2.33. The molecule has 3 rings (SSSR count). The Hall–Kier alpha value is -1.35. The van der Waals surface area contributed by atoms with Crippen molar-refractivity contribution in [3.05, 3.63) is 70.7 Å². The van der Waals surface area contributed by atoms with Crippen molar-refractivity contribution in [2.75, 3.05) is 19.7 Å². The minimum Gasteiger partial charge on any atom is -0.366 e. The summed E-state index contributed by atoms with van der Waals surface area (Å²) in [6, 6.07) is 19.2. The van der Waals surface area contributed by atoms with Crippen molar-refractivity contribution < 1.29 is 4.74 Å². The van der Waals surface area contributed by atoms with Gasteiger partial charge in [0.2, 0.25) is 0 Å². The summed E-state index contributed by atoms with van der Waals surface area (Å²) in [6.45, 7) is 7.54. The molecule has 1 saturated heterocycles. The molecule has 1 heterocycles. The zero-order valence-electron chi connectivity index (χ0n) is 15.2. The molecule has 0 aliphatic carbocycles. The normalized spacial score (nSPS) is 20.5. The van der Waals surface area contributed by atoms with Gasteiger partial charge < -0.3 is 9.64 Å². The van der Waals surface area contributed by atoms with Gasteiger partial charge in [0, 0.05) is 17.7 Å². The minimum atomic E-state index is -0.457. The van der Waals surface area contributed by atoms with E-state index in [9.17, 15) is 0 Å². The van der Waals surface area contributed by atoms with Gasteiger partial charge in [0.25, 0.3) is 0 Å². The van der Waals surface area contributed by atoms with E-state index < -0.39 is 5.60 Å². The smallest absolute Gasteiger partial charge is 0.115 e. The second-order valence-corrected chi connectivity index (χ2v) is 7.40. The number of rotatable bonds is 7. The molecular formula is C22H28ClNO. The van der Waals surface area contributed by atoms with Crippen molar-refractivity contribution in [2.24, 2.45) is 0 Å². The Labute approximate surface area is 156 Å². The number of ether oxygens (including phenoxy) is 1.